The Morgan fingerprint density at radius 2 is 1.66 bits per heavy atom. The van der Waals surface area contributed by atoms with Crippen LogP contribution in [0, 0.1) is 0 Å². The Labute approximate surface area is 201 Å². The van der Waals surface area contributed by atoms with Gasteiger partial charge in [0.2, 0.25) is 5.91 Å². The summed E-state index contributed by atoms with van der Waals surface area (Å²) >= 11 is 0. The zero-order valence-corrected chi connectivity index (χ0v) is 19.3. The Bertz CT molecular complexity index is 1620. The predicted octanol–water partition coefficient (Wildman–Crippen LogP) is 5.88. The number of amides is 2. The highest BCUT2D eigenvalue weighted by molar-refractivity contribution is 6.10. The highest BCUT2D eigenvalue weighted by atomic mass is 16.5. The molecule has 0 saturated carbocycles. The van der Waals surface area contributed by atoms with Crippen molar-refractivity contribution in [2.24, 2.45) is 5.10 Å². The average Bonchev–Trinajstić information content (AvgIpc) is 3.23. The van der Waals surface area contributed by atoms with E-state index in [0.717, 1.165) is 27.1 Å². The Hall–Kier alpha value is -4.65. The first kappa shape index (κ1) is 22.2. The molecule has 0 aliphatic carbocycles. The van der Waals surface area contributed by atoms with E-state index in [-0.39, 0.29) is 18.2 Å². The van der Waals surface area contributed by atoms with Crippen molar-refractivity contribution in [1.82, 2.24) is 5.43 Å². The van der Waals surface area contributed by atoms with Crippen LogP contribution in [0.25, 0.3) is 32.7 Å². The van der Waals surface area contributed by atoms with Gasteiger partial charge < -0.3 is 14.5 Å². The number of ether oxygens (including phenoxy) is 1. The highest BCUT2D eigenvalue weighted by Crippen LogP contribution is 2.36. The third-order valence-corrected chi connectivity index (χ3v) is 5.75. The van der Waals surface area contributed by atoms with Crippen molar-refractivity contribution in [3.8, 4) is 5.75 Å². The lowest BCUT2D eigenvalue weighted by Gasteiger charge is -2.10. The van der Waals surface area contributed by atoms with Crippen LogP contribution in [0.15, 0.2) is 88.4 Å². The van der Waals surface area contributed by atoms with Gasteiger partial charge in [0.1, 0.15) is 16.9 Å². The summed E-state index contributed by atoms with van der Waals surface area (Å²) < 4.78 is 11.4. The largest absolute Gasteiger partial charge is 0.495 e. The lowest BCUT2D eigenvalue weighted by atomic mass is 10.1. The van der Waals surface area contributed by atoms with Crippen LogP contribution in [-0.2, 0) is 4.79 Å². The summed E-state index contributed by atoms with van der Waals surface area (Å²) in [6.07, 6.45) is -0.000673. The van der Waals surface area contributed by atoms with Crippen LogP contribution in [0.3, 0.4) is 0 Å². The molecule has 5 rings (SSSR count). The lowest BCUT2D eigenvalue weighted by Crippen LogP contribution is -2.21. The molecular weight excluding hydrogens is 442 g/mol. The van der Waals surface area contributed by atoms with Gasteiger partial charge in [0.15, 0.2) is 0 Å². The molecule has 5 aromatic rings. The first-order valence-electron chi connectivity index (χ1n) is 11.1. The summed E-state index contributed by atoms with van der Waals surface area (Å²) in [4.78, 5) is 25.2. The molecule has 0 atom stereocenters. The van der Waals surface area contributed by atoms with Gasteiger partial charge in [-0.1, -0.05) is 48.5 Å². The molecule has 0 aliphatic heterocycles. The van der Waals surface area contributed by atoms with E-state index in [0.29, 0.717) is 28.3 Å². The molecule has 0 unspecified atom stereocenters. The number of furan rings is 1. The van der Waals surface area contributed by atoms with E-state index in [1.165, 1.54) is 0 Å². The van der Waals surface area contributed by atoms with Gasteiger partial charge in [-0.15, -0.1) is 0 Å². The maximum absolute atomic E-state index is 12.7. The van der Waals surface area contributed by atoms with Gasteiger partial charge in [0.05, 0.1) is 19.2 Å². The number of nitrogens with zero attached hydrogens (tertiary/aromatic N) is 1. The Balaban J connectivity index is 1.27. The SMILES string of the molecule is COc1cc2c(cc1NC(=O)C/C(C)=N\NC(=O)c1ccc3ccccc3c1)oc1ccccc12. The summed E-state index contributed by atoms with van der Waals surface area (Å²) in [7, 11) is 1.55. The Kier molecular flexibility index (Phi) is 5.89. The van der Waals surface area contributed by atoms with Crippen LogP contribution >= 0.6 is 0 Å². The van der Waals surface area contributed by atoms with Crippen molar-refractivity contribution in [3.05, 3.63) is 84.4 Å². The maximum atomic E-state index is 12.7. The number of hydrogen-bond donors (Lipinski definition) is 2. The molecule has 0 aliphatic rings. The van der Waals surface area contributed by atoms with Gasteiger partial charge in [0.25, 0.3) is 5.91 Å². The summed E-state index contributed by atoms with van der Waals surface area (Å²) in [5, 5.41) is 10.8. The van der Waals surface area contributed by atoms with Crippen molar-refractivity contribution >= 4 is 55.9 Å². The van der Waals surface area contributed by atoms with E-state index >= 15 is 0 Å². The number of carbonyl (C=O) groups is 2. The monoisotopic (exact) mass is 465 g/mol. The smallest absolute Gasteiger partial charge is 0.271 e. The van der Waals surface area contributed by atoms with E-state index in [4.69, 9.17) is 9.15 Å². The summed E-state index contributed by atoms with van der Waals surface area (Å²) in [6, 6.07) is 24.6. The van der Waals surface area contributed by atoms with E-state index in [1.54, 1.807) is 26.2 Å². The number of hydrazone groups is 1. The average molecular weight is 466 g/mol. The minimum atomic E-state index is -0.340. The van der Waals surface area contributed by atoms with Crippen LogP contribution < -0.4 is 15.5 Å². The van der Waals surface area contributed by atoms with Gasteiger partial charge in [-0.3, -0.25) is 9.59 Å². The lowest BCUT2D eigenvalue weighted by molar-refractivity contribution is -0.115. The van der Waals surface area contributed by atoms with Gasteiger partial charge in [0, 0.05) is 28.1 Å². The molecule has 2 N–H and O–H groups in total. The zero-order valence-electron chi connectivity index (χ0n) is 19.3. The number of carbonyl (C=O) groups excluding carboxylic acids is 2. The van der Waals surface area contributed by atoms with Gasteiger partial charge in [-0.25, -0.2) is 5.43 Å². The molecule has 35 heavy (non-hydrogen) atoms. The molecule has 0 fully saturated rings. The fourth-order valence-corrected chi connectivity index (χ4v) is 4.03. The van der Waals surface area contributed by atoms with Crippen molar-refractivity contribution in [2.75, 3.05) is 12.4 Å². The number of benzene rings is 4. The molecular formula is C28H23N3O4. The fraction of sp³-hybridized carbons (Fsp3) is 0.107. The maximum Gasteiger partial charge on any atom is 0.271 e. The van der Waals surface area contributed by atoms with E-state index in [1.807, 2.05) is 66.7 Å². The summed E-state index contributed by atoms with van der Waals surface area (Å²) in [5.74, 6) is -0.107. The van der Waals surface area contributed by atoms with Crippen molar-refractivity contribution in [2.45, 2.75) is 13.3 Å². The second-order valence-corrected chi connectivity index (χ2v) is 8.22. The number of hydrogen-bond acceptors (Lipinski definition) is 5. The van der Waals surface area contributed by atoms with E-state index in [2.05, 4.69) is 15.8 Å². The quantitative estimate of drug-likeness (QED) is 0.242. The molecule has 0 radical (unpaired) electrons. The van der Waals surface area contributed by atoms with Crippen LogP contribution in [0.1, 0.15) is 23.7 Å². The molecule has 0 spiro atoms. The third-order valence-electron chi connectivity index (χ3n) is 5.75. The van der Waals surface area contributed by atoms with Crippen molar-refractivity contribution in [1.29, 1.82) is 0 Å². The minimum absolute atomic E-state index is 0.000673. The van der Waals surface area contributed by atoms with Crippen molar-refractivity contribution in [3.63, 3.8) is 0 Å². The number of nitrogens with one attached hydrogen (secondary N) is 2. The number of methoxy groups -OCH3 is 1. The normalized spacial score (nSPS) is 11.7. The number of para-hydroxylation sites is 1. The third kappa shape index (κ3) is 4.56. The van der Waals surface area contributed by atoms with Crippen LogP contribution in [0.5, 0.6) is 5.75 Å². The summed E-state index contributed by atoms with van der Waals surface area (Å²) in [6.45, 7) is 1.68. The summed E-state index contributed by atoms with van der Waals surface area (Å²) in [5.41, 5.74) is 5.38. The Morgan fingerprint density at radius 1 is 0.886 bits per heavy atom. The zero-order chi connectivity index (χ0) is 24.4. The second kappa shape index (κ2) is 9.30. The topological polar surface area (TPSA) is 92.9 Å². The predicted molar refractivity (Wildman–Crippen MR) is 138 cm³/mol. The molecule has 2 amide bonds. The molecule has 174 valence electrons. The van der Waals surface area contributed by atoms with Crippen LogP contribution in [0.2, 0.25) is 0 Å². The van der Waals surface area contributed by atoms with Gasteiger partial charge >= 0.3 is 0 Å². The molecule has 1 aromatic heterocycles. The first-order chi connectivity index (χ1) is 17.0. The molecule has 1 heterocycles. The van der Waals surface area contributed by atoms with Gasteiger partial charge in [-0.05, 0) is 42.0 Å². The van der Waals surface area contributed by atoms with E-state index < -0.39 is 0 Å². The first-order valence-corrected chi connectivity index (χ1v) is 11.1. The van der Waals surface area contributed by atoms with Crippen LogP contribution in [0.4, 0.5) is 5.69 Å². The molecule has 4 aromatic carbocycles. The highest BCUT2D eigenvalue weighted by Gasteiger charge is 2.15. The fourth-order valence-electron chi connectivity index (χ4n) is 4.03. The van der Waals surface area contributed by atoms with Crippen LogP contribution in [-0.4, -0.2) is 24.6 Å². The van der Waals surface area contributed by atoms with Crippen molar-refractivity contribution < 1.29 is 18.7 Å². The Morgan fingerprint density at radius 3 is 2.49 bits per heavy atom. The number of fused-ring (bicyclic) bond motifs is 4. The number of rotatable bonds is 6. The van der Waals surface area contributed by atoms with E-state index in [9.17, 15) is 9.59 Å². The molecule has 7 nitrogen and oxygen atoms in total. The van der Waals surface area contributed by atoms with Gasteiger partial charge in [-0.2, -0.15) is 5.10 Å². The number of anilines is 1. The molecule has 7 heteroatoms. The standard InChI is InChI=1S/C28H23N3O4/c1-17(30-31-28(33)20-12-11-18-7-3-4-8-19(18)14-20)13-27(32)29-23-16-25-22(15-26(23)34-2)21-9-5-6-10-24(21)35-25/h3-12,14-16H,13H2,1-2H3,(H,29,32)(H,31,33)/b30-17-. The molecule has 0 saturated heterocycles. The molecule has 0 bridgehead atoms. The second-order valence-electron chi connectivity index (χ2n) is 8.22. The minimum Gasteiger partial charge on any atom is -0.495 e.